The van der Waals surface area contributed by atoms with E-state index in [1.54, 1.807) is 12.1 Å². The van der Waals surface area contributed by atoms with Gasteiger partial charge in [0.15, 0.2) is 0 Å². The standard InChI is InChI=1S/C15H14FNOS2/c1-9-6-7-10(16)8-12(9)18-11-4-3-5-13(20-2)14(11)15(17)19/h3-8H,1-2H3,(H2,17,19). The van der Waals surface area contributed by atoms with Crippen molar-refractivity contribution >= 4 is 29.0 Å². The number of hydrogen-bond donors (Lipinski definition) is 1. The van der Waals surface area contributed by atoms with Gasteiger partial charge in [-0.1, -0.05) is 24.4 Å². The summed E-state index contributed by atoms with van der Waals surface area (Å²) in [6.45, 7) is 1.85. The molecule has 0 bridgehead atoms. The van der Waals surface area contributed by atoms with Gasteiger partial charge in [0.05, 0.1) is 5.56 Å². The van der Waals surface area contributed by atoms with Crippen molar-refractivity contribution in [2.45, 2.75) is 11.8 Å². The molecule has 2 aromatic carbocycles. The van der Waals surface area contributed by atoms with Crippen molar-refractivity contribution in [1.82, 2.24) is 0 Å². The van der Waals surface area contributed by atoms with Crippen LogP contribution in [0.1, 0.15) is 11.1 Å². The smallest absolute Gasteiger partial charge is 0.138 e. The van der Waals surface area contributed by atoms with Crippen LogP contribution in [-0.4, -0.2) is 11.2 Å². The van der Waals surface area contributed by atoms with Crippen LogP contribution in [0.4, 0.5) is 4.39 Å². The summed E-state index contributed by atoms with van der Waals surface area (Å²) < 4.78 is 19.1. The molecular weight excluding hydrogens is 293 g/mol. The van der Waals surface area contributed by atoms with Crippen molar-refractivity contribution in [2.75, 3.05) is 6.26 Å². The minimum Gasteiger partial charge on any atom is -0.456 e. The van der Waals surface area contributed by atoms with Crippen LogP contribution in [0.2, 0.25) is 0 Å². The SMILES string of the molecule is CSc1cccc(Oc2cc(F)ccc2C)c1C(N)=S. The van der Waals surface area contributed by atoms with E-state index < -0.39 is 0 Å². The van der Waals surface area contributed by atoms with Crippen molar-refractivity contribution in [3.8, 4) is 11.5 Å². The van der Waals surface area contributed by atoms with Crippen LogP contribution in [0, 0.1) is 12.7 Å². The zero-order valence-electron chi connectivity index (χ0n) is 11.1. The first-order chi connectivity index (χ1) is 9.52. The zero-order chi connectivity index (χ0) is 14.7. The molecule has 5 heteroatoms. The van der Waals surface area contributed by atoms with E-state index in [1.807, 2.05) is 25.3 Å². The van der Waals surface area contributed by atoms with Crippen molar-refractivity contribution in [1.29, 1.82) is 0 Å². The molecule has 0 unspecified atom stereocenters. The predicted molar refractivity (Wildman–Crippen MR) is 85.3 cm³/mol. The molecule has 20 heavy (non-hydrogen) atoms. The van der Waals surface area contributed by atoms with Crippen LogP contribution >= 0.6 is 24.0 Å². The number of thiocarbonyl (C=S) groups is 1. The van der Waals surface area contributed by atoms with E-state index >= 15 is 0 Å². The maximum absolute atomic E-state index is 13.3. The number of hydrogen-bond acceptors (Lipinski definition) is 3. The number of aryl methyl sites for hydroxylation is 1. The highest BCUT2D eigenvalue weighted by molar-refractivity contribution is 7.98. The van der Waals surface area contributed by atoms with Gasteiger partial charge in [-0.05, 0) is 36.9 Å². The molecule has 0 heterocycles. The summed E-state index contributed by atoms with van der Waals surface area (Å²) >= 11 is 6.62. The van der Waals surface area contributed by atoms with Gasteiger partial charge in [-0.3, -0.25) is 0 Å². The Morgan fingerprint density at radius 2 is 2.00 bits per heavy atom. The van der Waals surface area contributed by atoms with E-state index in [4.69, 9.17) is 22.7 Å². The lowest BCUT2D eigenvalue weighted by Gasteiger charge is -2.14. The molecule has 0 fully saturated rings. The van der Waals surface area contributed by atoms with E-state index in [2.05, 4.69) is 0 Å². The van der Waals surface area contributed by atoms with Crippen LogP contribution in [-0.2, 0) is 0 Å². The predicted octanol–water partition coefficient (Wildman–Crippen LogP) is 4.28. The molecule has 0 amide bonds. The van der Waals surface area contributed by atoms with Gasteiger partial charge in [-0.2, -0.15) is 0 Å². The first-order valence-electron chi connectivity index (χ1n) is 5.93. The Bertz CT molecular complexity index is 658. The van der Waals surface area contributed by atoms with Gasteiger partial charge in [-0.25, -0.2) is 4.39 Å². The molecule has 0 atom stereocenters. The maximum atomic E-state index is 13.3. The monoisotopic (exact) mass is 307 g/mol. The first-order valence-corrected chi connectivity index (χ1v) is 7.57. The average molecular weight is 307 g/mol. The molecule has 0 aromatic heterocycles. The molecule has 0 aliphatic rings. The second-order valence-electron chi connectivity index (χ2n) is 4.21. The fourth-order valence-corrected chi connectivity index (χ4v) is 2.72. The molecule has 0 radical (unpaired) electrons. The normalized spacial score (nSPS) is 10.3. The number of halogens is 1. The Hall–Kier alpha value is -1.59. The molecule has 0 saturated heterocycles. The third-order valence-corrected chi connectivity index (χ3v) is 3.81. The second kappa shape index (κ2) is 6.24. The second-order valence-corrected chi connectivity index (χ2v) is 5.50. The molecule has 2 aromatic rings. The largest absolute Gasteiger partial charge is 0.456 e. The van der Waals surface area contributed by atoms with Crippen LogP contribution < -0.4 is 10.5 Å². The van der Waals surface area contributed by atoms with Gasteiger partial charge in [0.1, 0.15) is 22.3 Å². The Morgan fingerprint density at radius 1 is 1.25 bits per heavy atom. The molecule has 2 rings (SSSR count). The number of thioether (sulfide) groups is 1. The molecule has 2 nitrogen and oxygen atoms in total. The van der Waals surface area contributed by atoms with Gasteiger partial charge in [0, 0.05) is 11.0 Å². The average Bonchev–Trinajstić information content (AvgIpc) is 2.42. The summed E-state index contributed by atoms with van der Waals surface area (Å²) in [4.78, 5) is 1.20. The van der Waals surface area contributed by atoms with Crippen LogP contribution in [0.3, 0.4) is 0 Å². The van der Waals surface area contributed by atoms with Gasteiger partial charge in [0.25, 0.3) is 0 Å². The summed E-state index contributed by atoms with van der Waals surface area (Å²) in [6, 6.07) is 9.98. The van der Waals surface area contributed by atoms with Crippen LogP contribution in [0.15, 0.2) is 41.3 Å². The topological polar surface area (TPSA) is 35.2 Å². The van der Waals surface area contributed by atoms with Crippen molar-refractivity contribution in [3.63, 3.8) is 0 Å². The molecular formula is C15H14FNOS2. The third-order valence-electron chi connectivity index (χ3n) is 2.82. The minimum absolute atomic E-state index is 0.263. The Kier molecular flexibility index (Phi) is 4.62. The van der Waals surface area contributed by atoms with Gasteiger partial charge < -0.3 is 10.5 Å². The van der Waals surface area contributed by atoms with E-state index in [9.17, 15) is 4.39 Å². The number of ether oxygens (including phenoxy) is 1. The molecule has 0 saturated carbocycles. The van der Waals surface area contributed by atoms with E-state index in [-0.39, 0.29) is 10.8 Å². The minimum atomic E-state index is -0.344. The molecule has 0 aliphatic heterocycles. The fourth-order valence-electron chi connectivity index (χ4n) is 1.81. The zero-order valence-corrected chi connectivity index (χ0v) is 12.8. The highest BCUT2D eigenvalue weighted by Gasteiger charge is 2.13. The van der Waals surface area contributed by atoms with Gasteiger partial charge in [-0.15, -0.1) is 11.8 Å². The van der Waals surface area contributed by atoms with Crippen molar-refractivity contribution < 1.29 is 9.13 Å². The Labute approximate surface area is 127 Å². The van der Waals surface area contributed by atoms with Gasteiger partial charge >= 0.3 is 0 Å². The van der Waals surface area contributed by atoms with E-state index in [0.717, 1.165) is 10.5 Å². The third kappa shape index (κ3) is 3.11. The van der Waals surface area contributed by atoms with E-state index in [1.165, 1.54) is 23.9 Å². The van der Waals surface area contributed by atoms with Crippen LogP contribution in [0.5, 0.6) is 11.5 Å². The summed E-state index contributed by atoms with van der Waals surface area (Å²) in [7, 11) is 0. The maximum Gasteiger partial charge on any atom is 0.138 e. The molecule has 2 N–H and O–H groups in total. The number of benzene rings is 2. The Morgan fingerprint density at radius 3 is 2.65 bits per heavy atom. The summed E-state index contributed by atoms with van der Waals surface area (Å²) in [5.74, 6) is 0.655. The molecule has 104 valence electrons. The number of nitrogens with two attached hydrogens (primary N) is 1. The summed E-state index contributed by atoms with van der Waals surface area (Å²) in [5.41, 5.74) is 7.30. The highest BCUT2D eigenvalue weighted by atomic mass is 32.2. The van der Waals surface area contributed by atoms with E-state index in [0.29, 0.717) is 17.1 Å². The molecule has 0 spiro atoms. The fraction of sp³-hybridized carbons (Fsp3) is 0.133. The summed E-state index contributed by atoms with van der Waals surface area (Å²) in [6.07, 6.45) is 1.94. The summed E-state index contributed by atoms with van der Waals surface area (Å²) in [5, 5.41) is 0. The Balaban J connectivity index is 2.48. The number of rotatable bonds is 4. The lowest BCUT2D eigenvalue weighted by atomic mass is 10.2. The first kappa shape index (κ1) is 14.8. The lowest BCUT2D eigenvalue weighted by Crippen LogP contribution is -2.12. The van der Waals surface area contributed by atoms with Crippen molar-refractivity contribution in [2.24, 2.45) is 5.73 Å². The van der Waals surface area contributed by atoms with Crippen molar-refractivity contribution in [3.05, 3.63) is 53.3 Å². The van der Waals surface area contributed by atoms with Gasteiger partial charge in [0.2, 0.25) is 0 Å². The lowest BCUT2D eigenvalue weighted by molar-refractivity contribution is 0.470. The highest BCUT2D eigenvalue weighted by Crippen LogP contribution is 2.33. The van der Waals surface area contributed by atoms with Crippen LogP contribution in [0.25, 0.3) is 0 Å². The quantitative estimate of drug-likeness (QED) is 0.675. The molecule has 0 aliphatic carbocycles.